The Kier molecular flexibility index (Phi) is 9.23. The van der Waals surface area contributed by atoms with Gasteiger partial charge >= 0.3 is 5.97 Å². The van der Waals surface area contributed by atoms with E-state index in [-0.39, 0.29) is 41.8 Å². The number of benzene rings is 2. The number of anilines is 2. The molecule has 31 heavy (non-hydrogen) atoms. The number of amides is 2. The zero-order valence-corrected chi connectivity index (χ0v) is 18.1. The number of esters is 1. The lowest BCUT2D eigenvalue weighted by Gasteiger charge is -2.14. The van der Waals surface area contributed by atoms with E-state index in [4.69, 9.17) is 0 Å². The van der Waals surface area contributed by atoms with E-state index in [2.05, 4.69) is 33.7 Å². The monoisotopic (exact) mass is 444 g/mol. The molecule has 0 aliphatic carbocycles. The van der Waals surface area contributed by atoms with Gasteiger partial charge in [0.1, 0.15) is 0 Å². The molecule has 9 heteroatoms. The molecule has 0 saturated carbocycles. The van der Waals surface area contributed by atoms with Gasteiger partial charge in [-0.15, -0.1) is 0 Å². The molecular formula is C22H26N3O5S+. The predicted molar refractivity (Wildman–Crippen MR) is 120 cm³/mol. The molecule has 0 heterocycles. The van der Waals surface area contributed by atoms with Gasteiger partial charge in [-0.05, 0) is 24.6 Å². The number of nitrogens with one attached hydrogen (secondary N) is 2. The van der Waals surface area contributed by atoms with Gasteiger partial charge in [0.05, 0.1) is 18.6 Å². The Morgan fingerprint density at radius 1 is 1.03 bits per heavy atom. The van der Waals surface area contributed by atoms with Gasteiger partial charge in [-0.3, -0.25) is 19.2 Å². The van der Waals surface area contributed by atoms with Crippen LogP contribution in [0, 0.1) is 0 Å². The summed E-state index contributed by atoms with van der Waals surface area (Å²) in [4.78, 5) is 48.7. The lowest BCUT2D eigenvalue weighted by atomic mass is 10.0. The zero-order valence-electron chi connectivity index (χ0n) is 17.2. The normalized spacial score (nSPS) is 11.3. The second kappa shape index (κ2) is 11.9. The summed E-state index contributed by atoms with van der Waals surface area (Å²) in [6.07, 6.45) is 0.545. The first-order valence-corrected chi connectivity index (χ1v) is 10.3. The molecule has 0 bridgehead atoms. The van der Waals surface area contributed by atoms with Crippen molar-refractivity contribution in [1.29, 1.82) is 0 Å². The topological polar surface area (TPSA) is 129 Å². The maximum atomic E-state index is 13.1. The summed E-state index contributed by atoms with van der Waals surface area (Å²) in [6, 6.07) is 12.7. The minimum atomic E-state index is -0.550. The van der Waals surface area contributed by atoms with Crippen molar-refractivity contribution in [3.8, 4) is 0 Å². The van der Waals surface area contributed by atoms with Crippen molar-refractivity contribution in [1.82, 2.24) is 0 Å². The number of quaternary nitrogens is 1. The third-order valence-corrected chi connectivity index (χ3v) is 4.89. The van der Waals surface area contributed by atoms with Crippen molar-refractivity contribution in [2.45, 2.75) is 25.3 Å². The highest BCUT2D eigenvalue weighted by Crippen LogP contribution is 2.24. The van der Waals surface area contributed by atoms with Gasteiger partial charge in [-0.25, -0.2) is 0 Å². The Morgan fingerprint density at radius 3 is 2.39 bits per heavy atom. The molecule has 2 aromatic rings. The van der Waals surface area contributed by atoms with Crippen LogP contribution in [0.1, 0.15) is 35.2 Å². The fourth-order valence-corrected chi connectivity index (χ4v) is 2.87. The molecule has 2 amide bonds. The number of carbonyl (C=O) groups is 4. The van der Waals surface area contributed by atoms with E-state index in [1.807, 2.05) is 0 Å². The largest absolute Gasteiger partial charge is 0.469 e. The standard InChI is InChI=1S/C22H25N3O5S/c1-30-20(27)9-5-8-19(26)25-18-11-10-15(24-22(29)17(23)13-31)12-16(18)21(28)14-6-3-2-4-7-14/h2-4,6-7,10-12,17,31H,5,8-9,13,23H2,1H3,(H,24,29)(H,25,26)/p+1/t17-/m0/s1. The number of ether oxygens (including phenoxy) is 1. The van der Waals surface area contributed by atoms with Crippen LogP contribution in [0.4, 0.5) is 11.4 Å². The van der Waals surface area contributed by atoms with Gasteiger partial charge in [-0.1, -0.05) is 30.3 Å². The van der Waals surface area contributed by atoms with Crippen LogP contribution < -0.4 is 16.4 Å². The zero-order chi connectivity index (χ0) is 22.8. The van der Waals surface area contributed by atoms with Crippen molar-refractivity contribution < 1.29 is 29.6 Å². The Morgan fingerprint density at radius 2 is 1.74 bits per heavy atom. The van der Waals surface area contributed by atoms with Gasteiger partial charge in [0, 0.05) is 29.7 Å². The van der Waals surface area contributed by atoms with Crippen molar-refractivity contribution in [3.05, 3.63) is 59.7 Å². The van der Waals surface area contributed by atoms with E-state index in [0.717, 1.165) is 0 Å². The average molecular weight is 445 g/mol. The Bertz CT molecular complexity index is 949. The Labute approximate surface area is 185 Å². The molecule has 0 aliphatic rings. The number of hydrogen-bond acceptors (Lipinski definition) is 6. The van der Waals surface area contributed by atoms with Crippen molar-refractivity contribution in [2.24, 2.45) is 0 Å². The number of rotatable bonds is 10. The highest BCUT2D eigenvalue weighted by Gasteiger charge is 2.19. The Hall–Kier alpha value is -3.17. The smallest absolute Gasteiger partial charge is 0.305 e. The summed E-state index contributed by atoms with van der Waals surface area (Å²) in [7, 11) is 1.29. The number of thiol groups is 1. The number of methoxy groups -OCH3 is 1. The lowest BCUT2D eigenvalue weighted by Crippen LogP contribution is -2.67. The maximum Gasteiger partial charge on any atom is 0.305 e. The first kappa shape index (κ1) is 24.1. The molecule has 2 aromatic carbocycles. The molecule has 0 unspecified atom stereocenters. The minimum absolute atomic E-state index is 0.0949. The quantitative estimate of drug-likeness (QED) is 0.252. The van der Waals surface area contributed by atoms with Crippen molar-refractivity contribution in [2.75, 3.05) is 23.5 Å². The fraction of sp³-hybridized carbons (Fsp3) is 0.273. The molecule has 5 N–H and O–H groups in total. The van der Waals surface area contributed by atoms with Crippen molar-refractivity contribution in [3.63, 3.8) is 0 Å². The van der Waals surface area contributed by atoms with E-state index in [1.165, 1.54) is 13.2 Å². The van der Waals surface area contributed by atoms with Crippen LogP contribution in [0.2, 0.25) is 0 Å². The van der Waals surface area contributed by atoms with Gasteiger partial charge in [-0.2, -0.15) is 12.6 Å². The minimum Gasteiger partial charge on any atom is -0.469 e. The molecule has 8 nitrogen and oxygen atoms in total. The SMILES string of the molecule is COC(=O)CCCC(=O)Nc1ccc(NC(=O)[C@@H]([NH3+])CS)cc1C(=O)c1ccccc1. The van der Waals surface area contributed by atoms with Gasteiger partial charge in [0.25, 0.3) is 5.91 Å². The van der Waals surface area contributed by atoms with Crippen LogP contribution in [0.3, 0.4) is 0 Å². The predicted octanol–water partition coefficient (Wildman–Crippen LogP) is 1.68. The fourth-order valence-electron chi connectivity index (χ4n) is 2.70. The van der Waals surface area contributed by atoms with E-state index in [9.17, 15) is 19.2 Å². The Balaban J connectivity index is 2.25. The molecule has 0 aliphatic heterocycles. The maximum absolute atomic E-state index is 13.1. The number of hydrogen-bond donors (Lipinski definition) is 4. The molecule has 164 valence electrons. The highest BCUT2D eigenvalue weighted by molar-refractivity contribution is 7.80. The van der Waals surface area contributed by atoms with Crippen LogP contribution >= 0.6 is 12.6 Å². The average Bonchev–Trinajstić information content (AvgIpc) is 2.79. The second-order valence-electron chi connectivity index (χ2n) is 6.80. The van der Waals surface area contributed by atoms with E-state index < -0.39 is 12.0 Å². The third-order valence-electron chi connectivity index (χ3n) is 4.45. The first-order chi connectivity index (χ1) is 14.8. The molecule has 0 fully saturated rings. The highest BCUT2D eigenvalue weighted by atomic mass is 32.1. The summed E-state index contributed by atoms with van der Waals surface area (Å²) < 4.78 is 4.56. The van der Waals surface area contributed by atoms with Gasteiger partial charge < -0.3 is 21.1 Å². The first-order valence-electron chi connectivity index (χ1n) is 9.71. The number of ketones is 1. The third kappa shape index (κ3) is 7.23. The molecule has 0 aromatic heterocycles. The van der Waals surface area contributed by atoms with Crippen LogP contribution in [-0.2, 0) is 19.1 Å². The summed E-state index contributed by atoms with van der Waals surface area (Å²) >= 11 is 4.07. The second-order valence-corrected chi connectivity index (χ2v) is 7.17. The van der Waals surface area contributed by atoms with Crippen LogP contribution in [-0.4, -0.2) is 42.5 Å². The summed E-state index contributed by atoms with van der Waals surface area (Å²) in [5.74, 6) is -1.08. The van der Waals surface area contributed by atoms with Crippen LogP contribution in [0.25, 0.3) is 0 Å². The van der Waals surface area contributed by atoms with Crippen molar-refractivity contribution >= 4 is 47.6 Å². The molecule has 1 atom stereocenters. The lowest BCUT2D eigenvalue weighted by molar-refractivity contribution is -0.395. The molecule has 0 radical (unpaired) electrons. The molecule has 0 saturated heterocycles. The van der Waals surface area contributed by atoms with Crippen LogP contribution in [0.5, 0.6) is 0 Å². The molecular weight excluding hydrogens is 418 g/mol. The summed E-state index contributed by atoms with van der Waals surface area (Å²) in [5, 5.41) is 5.42. The van der Waals surface area contributed by atoms with Gasteiger partial charge in [0.15, 0.2) is 11.8 Å². The van der Waals surface area contributed by atoms with E-state index in [1.54, 1.807) is 42.5 Å². The van der Waals surface area contributed by atoms with E-state index in [0.29, 0.717) is 23.4 Å². The van der Waals surface area contributed by atoms with Crippen LogP contribution in [0.15, 0.2) is 48.5 Å². The summed E-state index contributed by atoms with van der Waals surface area (Å²) in [6.45, 7) is 0. The van der Waals surface area contributed by atoms with Gasteiger partial charge in [0.2, 0.25) is 5.91 Å². The summed E-state index contributed by atoms with van der Waals surface area (Å²) in [5.41, 5.74) is 5.11. The molecule has 0 spiro atoms. The molecule has 2 rings (SSSR count). The van der Waals surface area contributed by atoms with E-state index >= 15 is 0 Å². The number of carbonyl (C=O) groups excluding carboxylic acids is 4.